The Balaban J connectivity index is 1.72. The highest BCUT2D eigenvalue weighted by Gasteiger charge is 2.16. The largest absolute Gasteiger partial charge is 0.344 e. The van der Waals surface area contributed by atoms with Gasteiger partial charge in [0.25, 0.3) is 5.91 Å². The molecular weight excluding hydrogens is 338 g/mol. The minimum atomic E-state index is -0.933. The number of thiazole rings is 1. The van der Waals surface area contributed by atoms with Gasteiger partial charge >= 0.3 is 0 Å². The van der Waals surface area contributed by atoms with E-state index in [4.69, 9.17) is 0 Å². The van der Waals surface area contributed by atoms with E-state index in [-0.39, 0.29) is 5.91 Å². The Kier molecular flexibility index (Phi) is 4.49. The van der Waals surface area contributed by atoms with Crippen molar-refractivity contribution in [3.8, 4) is 9.88 Å². The fourth-order valence-corrected chi connectivity index (χ4v) is 3.64. The maximum Gasteiger partial charge on any atom is 0.271 e. The molecule has 0 aliphatic heterocycles. The highest BCUT2D eigenvalue weighted by atomic mass is 32.1. The second-order valence-electron chi connectivity index (χ2n) is 4.88. The molecule has 0 spiro atoms. The van der Waals surface area contributed by atoms with Crippen molar-refractivity contribution in [1.82, 2.24) is 10.3 Å². The molecule has 0 bridgehead atoms. The second-order valence-corrected chi connectivity index (χ2v) is 6.69. The Morgan fingerprint density at radius 3 is 2.74 bits per heavy atom. The summed E-state index contributed by atoms with van der Waals surface area (Å²) in [6.07, 6.45) is 0. The van der Waals surface area contributed by atoms with Gasteiger partial charge in [0, 0.05) is 5.38 Å². The maximum absolute atomic E-state index is 13.3. The summed E-state index contributed by atoms with van der Waals surface area (Å²) in [5.41, 5.74) is 0.804. The molecule has 23 heavy (non-hydrogen) atoms. The number of benzene rings is 1. The van der Waals surface area contributed by atoms with E-state index in [1.807, 2.05) is 17.5 Å². The van der Waals surface area contributed by atoms with Gasteiger partial charge < -0.3 is 5.32 Å². The van der Waals surface area contributed by atoms with Gasteiger partial charge in [0.15, 0.2) is 11.6 Å². The quantitative estimate of drug-likeness (QED) is 0.745. The number of carbonyl (C=O) groups excluding carboxylic acids is 1. The molecule has 0 aliphatic rings. The van der Waals surface area contributed by atoms with Crippen molar-refractivity contribution in [2.75, 3.05) is 0 Å². The van der Waals surface area contributed by atoms with Crippen LogP contribution < -0.4 is 5.32 Å². The first kappa shape index (κ1) is 15.8. The van der Waals surface area contributed by atoms with Crippen molar-refractivity contribution in [3.63, 3.8) is 0 Å². The van der Waals surface area contributed by atoms with Crippen molar-refractivity contribution in [2.24, 2.45) is 0 Å². The zero-order valence-corrected chi connectivity index (χ0v) is 13.7. The number of rotatable bonds is 4. The topological polar surface area (TPSA) is 42.0 Å². The second kappa shape index (κ2) is 6.55. The molecule has 2 heterocycles. The van der Waals surface area contributed by atoms with E-state index >= 15 is 0 Å². The number of hydrogen-bond acceptors (Lipinski definition) is 4. The summed E-state index contributed by atoms with van der Waals surface area (Å²) in [5.74, 6) is -2.19. The fourth-order valence-electron chi connectivity index (χ4n) is 2.03. The Morgan fingerprint density at radius 2 is 2.04 bits per heavy atom. The molecular formula is C16H12F2N2OS2. The molecule has 0 saturated heterocycles. The summed E-state index contributed by atoms with van der Waals surface area (Å²) in [7, 11) is 0. The Hall–Kier alpha value is -2.12. The van der Waals surface area contributed by atoms with Crippen molar-refractivity contribution in [1.29, 1.82) is 0 Å². The van der Waals surface area contributed by atoms with E-state index < -0.39 is 17.7 Å². The van der Waals surface area contributed by atoms with Gasteiger partial charge in [-0.25, -0.2) is 13.8 Å². The number of thiophene rings is 1. The predicted octanol–water partition coefficient (Wildman–Crippen LogP) is 4.64. The average Bonchev–Trinajstić information content (AvgIpc) is 3.20. The van der Waals surface area contributed by atoms with Crippen molar-refractivity contribution in [3.05, 3.63) is 64.0 Å². The summed E-state index contributed by atoms with van der Waals surface area (Å²) in [6.45, 7) is 1.71. The fraction of sp³-hybridized carbons (Fsp3) is 0.125. The molecule has 118 valence electrons. The third-order valence-electron chi connectivity index (χ3n) is 3.26. The van der Waals surface area contributed by atoms with E-state index in [1.165, 1.54) is 17.4 Å². The highest BCUT2D eigenvalue weighted by molar-refractivity contribution is 7.20. The van der Waals surface area contributed by atoms with Gasteiger partial charge in [-0.1, -0.05) is 12.1 Å². The van der Waals surface area contributed by atoms with E-state index in [0.717, 1.165) is 22.0 Å². The number of amides is 1. The molecule has 0 saturated carbocycles. The van der Waals surface area contributed by atoms with Gasteiger partial charge in [-0.05, 0) is 36.1 Å². The van der Waals surface area contributed by atoms with Crippen LogP contribution in [0.5, 0.6) is 0 Å². The van der Waals surface area contributed by atoms with Crippen molar-refractivity contribution in [2.45, 2.75) is 13.0 Å². The molecule has 0 radical (unpaired) electrons. The van der Waals surface area contributed by atoms with Crippen LogP contribution in [0.4, 0.5) is 8.78 Å². The van der Waals surface area contributed by atoms with E-state index in [2.05, 4.69) is 10.3 Å². The molecule has 0 aliphatic carbocycles. The molecule has 0 unspecified atom stereocenters. The smallest absolute Gasteiger partial charge is 0.271 e. The average molecular weight is 350 g/mol. The number of hydrogen-bond donors (Lipinski definition) is 1. The highest BCUT2D eigenvalue weighted by Crippen LogP contribution is 2.28. The van der Waals surface area contributed by atoms with Crippen LogP contribution in [0.15, 0.2) is 41.1 Å². The third kappa shape index (κ3) is 3.46. The van der Waals surface area contributed by atoms with Crippen LogP contribution in [0.1, 0.15) is 29.0 Å². The number of aromatic nitrogens is 1. The lowest BCUT2D eigenvalue weighted by atomic mass is 10.1. The SMILES string of the molecule is C[C@@H](NC(=O)c1csc(-c2cccs2)n1)c1ccc(F)c(F)c1. The maximum atomic E-state index is 13.3. The van der Waals surface area contributed by atoms with Crippen LogP contribution in [-0.4, -0.2) is 10.9 Å². The van der Waals surface area contributed by atoms with Gasteiger partial charge in [-0.15, -0.1) is 22.7 Å². The van der Waals surface area contributed by atoms with E-state index in [1.54, 1.807) is 23.6 Å². The van der Waals surface area contributed by atoms with Crippen molar-refractivity contribution < 1.29 is 13.6 Å². The first-order valence-electron chi connectivity index (χ1n) is 6.80. The molecule has 0 fully saturated rings. The Labute approximate surface area is 139 Å². The van der Waals surface area contributed by atoms with Gasteiger partial charge in [-0.3, -0.25) is 4.79 Å². The number of nitrogens with one attached hydrogen (secondary N) is 1. The number of halogens is 2. The summed E-state index contributed by atoms with van der Waals surface area (Å²) in [4.78, 5) is 17.5. The van der Waals surface area contributed by atoms with Gasteiger partial charge in [0.05, 0.1) is 10.9 Å². The molecule has 2 aromatic heterocycles. The lowest BCUT2D eigenvalue weighted by Crippen LogP contribution is -2.27. The molecule has 1 N–H and O–H groups in total. The summed E-state index contributed by atoms with van der Waals surface area (Å²) < 4.78 is 26.2. The van der Waals surface area contributed by atoms with Crippen LogP contribution >= 0.6 is 22.7 Å². The van der Waals surface area contributed by atoms with E-state index in [9.17, 15) is 13.6 Å². The lowest BCUT2D eigenvalue weighted by molar-refractivity contribution is 0.0935. The monoisotopic (exact) mass is 350 g/mol. The minimum absolute atomic E-state index is 0.313. The number of carbonyl (C=O) groups is 1. The first-order valence-corrected chi connectivity index (χ1v) is 8.56. The Bertz CT molecular complexity index is 830. The minimum Gasteiger partial charge on any atom is -0.344 e. The first-order chi connectivity index (χ1) is 11.0. The zero-order chi connectivity index (χ0) is 16.4. The molecule has 1 aromatic carbocycles. The van der Waals surface area contributed by atoms with Crippen LogP contribution in [0.25, 0.3) is 9.88 Å². The number of nitrogens with zero attached hydrogens (tertiary/aromatic N) is 1. The normalized spacial score (nSPS) is 12.1. The Morgan fingerprint density at radius 1 is 1.22 bits per heavy atom. The molecule has 7 heteroatoms. The predicted molar refractivity (Wildman–Crippen MR) is 87.7 cm³/mol. The van der Waals surface area contributed by atoms with Crippen LogP contribution in [0, 0.1) is 11.6 Å². The van der Waals surface area contributed by atoms with Gasteiger partial charge in [0.1, 0.15) is 10.7 Å². The summed E-state index contributed by atoms with van der Waals surface area (Å²) in [5, 5.41) is 7.15. The van der Waals surface area contributed by atoms with Crippen LogP contribution in [0.3, 0.4) is 0 Å². The molecule has 3 rings (SSSR count). The lowest BCUT2D eigenvalue weighted by Gasteiger charge is -2.13. The molecule has 1 atom stereocenters. The van der Waals surface area contributed by atoms with E-state index in [0.29, 0.717) is 11.3 Å². The van der Waals surface area contributed by atoms with Crippen molar-refractivity contribution >= 4 is 28.6 Å². The zero-order valence-electron chi connectivity index (χ0n) is 12.0. The molecule has 1 amide bonds. The van der Waals surface area contributed by atoms with Gasteiger partial charge in [-0.2, -0.15) is 0 Å². The molecule has 3 nitrogen and oxygen atoms in total. The third-order valence-corrected chi connectivity index (χ3v) is 5.14. The molecule has 3 aromatic rings. The standard InChI is InChI=1S/C16H12F2N2OS2/c1-9(10-4-5-11(17)12(18)7-10)19-15(21)13-8-23-16(20-13)14-3-2-6-22-14/h2-9H,1H3,(H,19,21)/t9-/m1/s1. The summed E-state index contributed by atoms with van der Waals surface area (Å²) in [6, 6.07) is 6.98. The summed E-state index contributed by atoms with van der Waals surface area (Å²) >= 11 is 2.95. The van der Waals surface area contributed by atoms with Gasteiger partial charge in [0.2, 0.25) is 0 Å². The van der Waals surface area contributed by atoms with Crippen LogP contribution in [-0.2, 0) is 0 Å². The van der Waals surface area contributed by atoms with Crippen LogP contribution in [0.2, 0.25) is 0 Å².